The molecule has 0 amide bonds. The van der Waals surface area contributed by atoms with E-state index < -0.39 is 0 Å². The SMILES string of the molecule is Cc1cc(C)c2c(C)c(-c3cc(C)c(C)c(F)c3)c(C)cc2c1. The summed E-state index contributed by atoms with van der Waals surface area (Å²) in [4.78, 5) is 0. The van der Waals surface area contributed by atoms with Crippen molar-refractivity contribution in [2.24, 2.45) is 0 Å². The monoisotopic (exact) mass is 306 g/mol. The van der Waals surface area contributed by atoms with E-state index in [4.69, 9.17) is 0 Å². The van der Waals surface area contributed by atoms with Crippen LogP contribution in [0.2, 0.25) is 0 Å². The largest absolute Gasteiger partial charge is 0.207 e. The molecule has 0 bridgehead atoms. The highest BCUT2D eigenvalue weighted by molar-refractivity contribution is 5.95. The Bertz CT molecular complexity index is 910. The summed E-state index contributed by atoms with van der Waals surface area (Å²) in [6.45, 7) is 12.4. The minimum Gasteiger partial charge on any atom is -0.207 e. The van der Waals surface area contributed by atoms with Gasteiger partial charge in [-0.1, -0.05) is 29.8 Å². The molecule has 23 heavy (non-hydrogen) atoms. The number of rotatable bonds is 1. The second-order valence-corrected chi connectivity index (χ2v) is 6.77. The molecule has 0 heterocycles. The molecular formula is C22H23F. The van der Waals surface area contributed by atoms with Crippen LogP contribution in [0.5, 0.6) is 0 Å². The zero-order valence-electron chi connectivity index (χ0n) is 14.8. The fourth-order valence-corrected chi connectivity index (χ4v) is 3.76. The number of hydrogen-bond donors (Lipinski definition) is 0. The quantitative estimate of drug-likeness (QED) is 0.481. The van der Waals surface area contributed by atoms with E-state index in [9.17, 15) is 4.39 Å². The van der Waals surface area contributed by atoms with Crippen molar-refractivity contribution in [3.05, 3.63) is 69.5 Å². The lowest BCUT2D eigenvalue weighted by molar-refractivity contribution is 0.617. The summed E-state index contributed by atoms with van der Waals surface area (Å²) in [5, 5.41) is 2.56. The van der Waals surface area contributed by atoms with Crippen LogP contribution in [0.3, 0.4) is 0 Å². The number of fused-ring (bicyclic) bond motifs is 1. The van der Waals surface area contributed by atoms with Crippen LogP contribution >= 0.6 is 0 Å². The average Bonchev–Trinajstić information content (AvgIpc) is 2.43. The van der Waals surface area contributed by atoms with Gasteiger partial charge in [-0.15, -0.1) is 0 Å². The third kappa shape index (κ3) is 2.55. The summed E-state index contributed by atoms with van der Waals surface area (Å²) in [5.41, 5.74) is 8.86. The molecule has 0 aromatic heterocycles. The molecule has 118 valence electrons. The maximum absolute atomic E-state index is 14.2. The maximum atomic E-state index is 14.2. The smallest absolute Gasteiger partial charge is 0.126 e. The van der Waals surface area contributed by atoms with Gasteiger partial charge in [0, 0.05) is 0 Å². The zero-order chi connectivity index (χ0) is 16.9. The number of hydrogen-bond acceptors (Lipinski definition) is 0. The molecule has 0 fully saturated rings. The van der Waals surface area contributed by atoms with Gasteiger partial charge in [-0.2, -0.15) is 0 Å². The Labute approximate surface area is 138 Å². The lowest BCUT2D eigenvalue weighted by Crippen LogP contribution is -1.96. The maximum Gasteiger partial charge on any atom is 0.126 e. The summed E-state index contributed by atoms with van der Waals surface area (Å²) in [6, 6.07) is 10.4. The molecule has 0 nitrogen and oxygen atoms in total. The van der Waals surface area contributed by atoms with Crippen molar-refractivity contribution in [1.82, 2.24) is 0 Å². The summed E-state index contributed by atoms with van der Waals surface area (Å²) < 4.78 is 14.2. The Hall–Kier alpha value is -2.15. The van der Waals surface area contributed by atoms with Crippen molar-refractivity contribution in [3.63, 3.8) is 0 Å². The molecule has 3 rings (SSSR count). The molecule has 0 aliphatic heterocycles. The first-order valence-electron chi connectivity index (χ1n) is 8.08. The highest BCUT2D eigenvalue weighted by Gasteiger charge is 2.14. The first-order valence-corrected chi connectivity index (χ1v) is 8.08. The number of benzene rings is 3. The molecule has 0 radical (unpaired) electrons. The predicted octanol–water partition coefficient (Wildman–Crippen LogP) is 6.50. The molecular weight excluding hydrogens is 283 g/mol. The summed E-state index contributed by atoms with van der Waals surface area (Å²) in [7, 11) is 0. The zero-order valence-corrected chi connectivity index (χ0v) is 14.8. The van der Waals surface area contributed by atoms with E-state index in [1.807, 2.05) is 13.8 Å². The van der Waals surface area contributed by atoms with Gasteiger partial charge in [0.15, 0.2) is 0 Å². The number of aryl methyl sites for hydroxylation is 5. The number of halogens is 1. The Morgan fingerprint density at radius 3 is 2.00 bits per heavy atom. The predicted molar refractivity (Wildman–Crippen MR) is 97.8 cm³/mol. The van der Waals surface area contributed by atoms with E-state index >= 15 is 0 Å². The fourth-order valence-electron chi connectivity index (χ4n) is 3.76. The second kappa shape index (κ2) is 5.49. The van der Waals surface area contributed by atoms with Crippen LogP contribution in [0.4, 0.5) is 4.39 Å². The van der Waals surface area contributed by atoms with Crippen LogP contribution in [0.15, 0.2) is 30.3 Å². The van der Waals surface area contributed by atoms with Crippen molar-refractivity contribution in [2.45, 2.75) is 41.5 Å². The lowest BCUT2D eigenvalue weighted by atomic mass is 9.87. The molecule has 1 heteroatoms. The van der Waals surface area contributed by atoms with Gasteiger partial charge in [0.25, 0.3) is 0 Å². The molecule has 0 saturated carbocycles. The van der Waals surface area contributed by atoms with Gasteiger partial charge in [0.05, 0.1) is 0 Å². The highest BCUT2D eigenvalue weighted by Crippen LogP contribution is 2.36. The van der Waals surface area contributed by atoms with Gasteiger partial charge in [-0.05, 0) is 97.3 Å². The molecule has 3 aromatic carbocycles. The molecule has 0 aliphatic carbocycles. The minimum absolute atomic E-state index is 0.125. The second-order valence-electron chi connectivity index (χ2n) is 6.77. The van der Waals surface area contributed by atoms with Gasteiger partial charge in [0.2, 0.25) is 0 Å². The van der Waals surface area contributed by atoms with E-state index in [1.54, 1.807) is 6.07 Å². The normalized spacial score (nSPS) is 11.3. The van der Waals surface area contributed by atoms with Gasteiger partial charge in [0.1, 0.15) is 5.82 Å². The van der Waals surface area contributed by atoms with E-state index in [0.29, 0.717) is 0 Å². The third-order valence-corrected chi connectivity index (χ3v) is 4.92. The van der Waals surface area contributed by atoms with Crippen molar-refractivity contribution in [3.8, 4) is 11.1 Å². The average molecular weight is 306 g/mol. The van der Waals surface area contributed by atoms with Gasteiger partial charge >= 0.3 is 0 Å². The molecule has 0 unspecified atom stereocenters. The van der Waals surface area contributed by atoms with Crippen molar-refractivity contribution in [2.75, 3.05) is 0 Å². The molecule has 0 aliphatic rings. The summed E-state index contributed by atoms with van der Waals surface area (Å²) in [5.74, 6) is -0.125. The minimum atomic E-state index is -0.125. The van der Waals surface area contributed by atoms with E-state index in [0.717, 1.165) is 22.3 Å². The van der Waals surface area contributed by atoms with Gasteiger partial charge in [-0.3, -0.25) is 0 Å². The van der Waals surface area contributed by atoms with E-state index in [1.165, 1.54) is 33.0 Å². The molecule has 0 atom stereocenters. The van der Waals surface area contributed by atoms with Crippen LogP contribution in [0.25, 0.3) is 21.9 Å². The molecule has 0 N–H and O–H groups in total. The summed E-state index contributed by atoms with van der Waals surface area (Å²) >= 11 is 0. The molecule has 3 aromatic rings. The van der Waals surface area contributed by atoms with Crippen LogP contribution in [-0.2, 0) is 0 Å². The van der Waals surface area contributed by atoms with E-state index in [-0.39, 0.29) is 5.82 Å². The van der Waals surface area contributed by atoms with Crippen LogP contribution in [0.1, 0.15) is 33.4 Å². The van der Waals surface area contributed by atoms with Crippen molar-refractivity contribution in [1.29, 1.82) is 0 Å². The first-order chi connectivity index (χ1) is 10.8. The highest BCUT2D eigenvalue weighted by atomic mass is 19.1. The lowest BCUT2D eigenvalue weighted by Gasteiger charge is -2.17. The van der Waals surface area contributed by atoms with Crippen molar-refractivity contribution < 1.29 is 4.39 Å². The Morgan fingerprint density at radius 2 is 1.35 bits per heavy atom. The Balaban J connectivity index is 2.39. The first kappa shape index (κ1) is 15.7. The molecule has 0 saturated heterocycles. The van der Waals surface area contributed by atoms with Crippen LogP contribution in [0, 0.1) is 47.4 Å². The fraction of sp³-hybridized carbons (Fsp3) is 0.273. The standard InChI is InChI=1S/C22H23F/c1-12-7-14(3)21-17(6)22(15(4)10-18(21)8-12)19-9-13(2)16(5)20(23)11-19/h7-11H,1-6H3. The van der Waals surface area contributed by atoms with Crippen LogP contribution in [-0.4, -0.2) is 0 Å². The van der Waals surface area contributed by atoms with Crippen LogP contribution < -0.4 is 0 Å². The Kier molecular flexibility index (Phi) is 3.75. The molecule has 0 spiro atoms. The van der Waals surface area contributed by atoms with Gasteiger partial charge in [-0.25, -0.2) is 4.39 Å². The topological polar surface area (TPSA) is 0 Å². The Morgan fingerprint density at radius 1 is 0.652 bits per heavy atom. The third-order valence-electron chi connectivity index (χ3n) is 4.92. The van der Waals surface area contributed by atoms with Crippen molar-refractivity contribution >= 4 is 10.8 Å². The van der Waals surface area contributed by atoms with E-state index in [2.05, 4.69) is 52.0 Å². The van der Waals surface area contributed by atoms with Gasteiger partial charge < -0.3 is 0 Å². The summed E-state index contributed by atoms with van der Waals surface area (Å²) in [6.07, 6.45) is 0.